The molecule has 0 spiro atoms. The number of benzene rings is 1. The molecule has 6 nitrogen and oxygen atoms in total. The number of carbonyl (C=O) groups is 1. The van der Waals surface area contributed by atoms with E-state index in [2.05, 4.69) is 5.16 Å². The van der Waals surface area contributed by atoms with Crippen LogP contribution in [0.15, 0.2) is 17.3 Å². The quantitative estimate of drug-likeness (QED) is 0.908. The molecule has 1 N–H and O–H groups in total. The van der Waals surface area contributed by atoms with E-state index in [0.29, 0.717) is 11.5 Å². The first-order valence-electron chi connectivity index (χ1n) is 6.42. The average molecular weight is 277 g/mol. The van der Waals surface area contributed by atoms with Gasteiger partial charge >= 0.3 is 5.97 Å². The fourth-order valence-corrected chi connectivity index (χ4v) is 2.50. The van der Waals surface area contributed by atoms with E-state index in [0.717, 1.165) is 23.3 Å². The van der Waals surface area contributed by atoms with E-state index in [9.17, 15) is 4.79 Å². The molecule has 1 aromatic carbocycles. The van der Waals surface area contributed by atoms with Gasteiger partial charge in [-0.25, -0.2) is 4.79 Å². The summed E-state index contributed by atoms with van der Waals surface area (Å²) in [7, 11) is 1.58. The minimum atomic E-state index is -1.02. The minimum Gasteiger partial charge on any atom is -0.496 e. The summed E-state index contributed by atoms with van der Waals surface area (Å²) in [6.45, 7) is 2.00. The van der Waals surface area contributed by atoms with E-state index in [1.807, 2.05) is 19.1 Å². The Morgan fingerprint density at radius 2 is 2.25 bits per heavy atom. The van der Waals surface area contributed by atoms with Gasteiger partial charge in [0.25, 0.3) is 0 Å². The Labute approximate surface area is 115 Å². The molecule has 1 aromatic rings. The third-order valence-corrected chi connectivity index (χ3v) is 3.47. The van der Waals surface area contributed by atoms with E-state index < -0.39 is 12.1 Å². The Balaban J connectivity index is 1.94. The molecule has 2 aliphatic heterocycles. The Kier molecular flexibility index (Phi) is 3.00. The molecule has 2 unspecified atom stereocenters. The molecule has 0 aromatic heterocycles. The molecule has 0 fully saturated rings. The van der Waals surface area contributed by atoms with Crippen molar-refractivity contribution in [1.82, 2.24) is 0 Å². The van der Waals surface area contributed by atoms with E-state index in [4.69, 9.17) is 19.4 Å². The van der Waals surface area contributed by atoms with Crippen molar-refractivity contribution in [1.29, 1.82) is 0 Å². The van der Waals surface area contributed by atoms with Crippen molar-refractivity contribution in [2.45, 2.75) is 32.0 Å². The number of nitrogens with zero attached hydrogens (tertiary/aromatic N) is 1. The summed E-state index contributed by atoms with van der Waals surface area (Å²) in [4.78, 5) is 15.8. The van der Waals surface area contributed by atoms with Crippen LogP contribution in [0.4, 0.5) is 0 Å². The maximum absolute atomic E-state index is 10.9. The van der Waals surface area contributed by atoms with Gasteiger partial charge < -0.3 is 19.4 Å². The maximum atomic E-state index is 10.9. The maximum Gasteiger partial charge on any atom is 0.348 e. The molecule has 0 amide bonds. The third kappa shape index (κ3) is 2.07. The summed E-state index contributed by atoms with van der Waals surface area (Å²) < 4.78 is 11.1. The molecule has 2 atom stereocenters. The lowest BCUT2D eigenvalue weighted by atomic mass is 10.0. The van der Waals surface area contributed by atoms with Crippen molar-refractivity contribution < 1.29 is 24.2 Å². The van der Waals surface area contributed by atoms with Gasteiger partial charge in [-0.05, 0) is 19.1 Å². The molecule has 0 saturated heterocycles. The predicted octanol–water partition coefficient (Wildman–Crippen LogP) is 1.60. The molecule has 3 rings (SSSR count). The number of rotatable bonds is 3. The van der Waals surface area contributed by atoms with Gasteiger partial charge in [0.05, 0.1) is 12.8 Å². The zero-order valence-corrected chi connectivity index (χ0v) is 11.3. The van der Waals surface area contributed by atoms with E-state index in [-0.39, 0.29) is 12.5 Å². The minimum absolute atomic E-state index is 0.137. The van der Waals surface area contributed by atoms with Crippen LogP contribution in [0.3, 0.4) is 0 Å². The van der Waals surface area contributed by atoms with Crippen LogP contribution in [0.25, 0.3) is 0 Å². The van der Waals surface area contributed by atoms with Gasteiger partial charge in [-0.1, -0.05) is 5.16 Å². The van der Waals surface area contributed by atoms with E-state index in [1.54, 1.807) is 7.11 Å². The first-order valence-corrected chi connectivity index (χ1v) is 6.42. The van der Waals surface area contributed by atoms with Crippen molar-refractivity contribution >= 4 is 11.7 Å². The summed E-state index contributed by atoms with van der Waals surface area (Å²) in [5.41, 5.74) is 2.39. The molecule has 20 heavy (non-hydrogen) atoms. The molecule has 0 aliphatic carbocycles. The van der Waals surface area contributed by atoms with Crippen molar-refractivity contribution in [2.75, 3.05) is 7.11 Å². The molecule has 2 heterocycles. The van der Waals surface area contributed by atoms with Gasteiger partial charge in [0.15, 0.2) is 0 Å². The number of oxime groups is 1. The summed E-state index contributed by atoms with van der Waals surface area (Å²) in [6, 6.07) is 3.77. The van der Waals surface area contributed by atoms with Crippen LogP contribution >= 0.6 is 0 Å². The zero-order valence-electron chi connectivity index (χ0n) is 11.3. The van der Waals surface area contributed by atoms with Crippen LogP contribution in [0.2, 0.25) is 0 Å². The van der Waals surface area contributed by atoms with Crippen LogP contribution in [-0.4, -0.2) is 36.1 Å². The molecule has 0 radical (unpaired) electrons. The van der Waals surface area contributed by atoms with Gasteiger partial charge in [0.2, 0.25) is 6.10 Å². The fourth-order valence-electron chi connectivity index (χ4n) is 2.50. The van der Waals surface area contributed by atoms with Gasteiger partial charge in [-0.3, -0.25) is 0 Å². The molecule has 6 heteroatoms. The predicted molar refractivity (Wildman–Crippen MR) is 70.5 cm³/mol. The van der Waals surface area contributed by atoms with Crippen LogP contribution in [0.5, 0.6) is 11.5 Å². The number of aliphatic carboxylic acids is 1. The van der Waals surface area contributed by atoms with Crippen LogP contribution in [0, 0.1) is 0 Å². The second-order valence-electron chi connectivity index (χ2n) is 4.97. The number of hydrogen-bond acceptors (Lipinski definition) is 5. The molecule has 106 valence electrons. The highest BCUT2D eigenvalue weighted by Crippen LogP contribution is 2.36. The van der Waals surface area contributed by atoms with Crippen LogP contribution in [0.1, 0.15) is 24.5 Å². The summed E-state index contributed by atoms with van der Waals surface area (Å²) in [6.07, 6.45) is 0.272. The zero-order chi connectivity index (χ0) is 14.3. The second kappa shape index (κ2) is 4.70. The molecular weight excluding hydrogens is 262 g/mol. The van der Waals surface area contributed by atoms with E-state index >= 15 is 0 Å². The number of fused-ring (bicyclic) bond motifs is 1. The molecule has 2 aliphatic rings. The Bertz CT molecular complexity index is 595. The van der Waals surface area contributed by atoms with E-state index in [1.165, 1.54) is 0 Å². The number of ether oxygens (including phenoxy) is 2. The normalized spacial score (nSPS) is 23.6. The van der Waals surface area contributed by atoms with Crippen LogP contribution < -0.4 is 9.47 Å². The average Bonchev–Trinajstić information content (AvgIpc) is 3.01. The lowest BCUT2D eigenvalue weighted by Gasteiger charge is -2.10. The number of carboxylic acids is 1. The summed E-state index contributed by atoms with van der Waals surface area (Å²) in [5.74, 6) is 0.443. The van der Waals surface area contributed by atoms with Crippen molar-refractivity contribution in [3.05, 3.63) is 23.3 Å². The van der Waals surface area contributed by atoms with Crippen molar-refractivity contribution in [3.63, 3.8) is 0 Å². The highest BCUT2D eigenvalue weighted by Gasteiger charge is 2.31. The largest absolute Gasteiger partial charge is 0.496 e. The van der Waals surface area contributed by atoms with Gasteiger partial charge in [0.1, 0.15) is 17.6 Å². The lowest BCUT2D eigenvalue weighted by molar-refractivity contribution is -0.148. The smallest absolute Gasteiger partial charge is 0.348 e. The Hall–Kier alpha value is -2.24. The van der Waals surface area contributed by atoms with Crippen LogP contribution in [-0.2, 0) is 16.1 Å². The monoisotopic (exact) mass is 277 g/mol. The van der Waals surface area contributed by atoms with Crippen molar-refractivity contribution in [3.8, 4) is 11.5 Å². The molecule has 0 bridgehead atoms. The van der Waals surface area contributed by atoms with Crippen molar-refractivity contribution in [2.24, 2.45) is 5.16 Å². The highest BCUT2D eigenvalue weighted by atomic mass is 16.7. The fraction of sp³-hybridized carbons (Fsp3) is 0.429. The third-order valence-electron chi connectivity index (χ3n) is 3.47. The topological polar surface area (TPSA) is 77.4 Å². The van der Waals surface area contributed by atoms with Gasteiger partial charge in [-0.2, -0.15) is 0 Å². The first-order chi connectivity index (χ1) is 9.58. The number of methoxy groups -OCH3 is 1. The number of carboxylic acid groups (broad SMARTS) is 1. The molecule has 0 saturated carbocycles. The Morgan fingerprint density at radius 1 is 1.45 bits per heavy atom. The lowest BCUT2D eigenvalue weighted by Crippen LogP contribution is -2.20. The summed E-state index contributed by atoms with van der Waals surface area (Å²) in [5, 5.41) is 12.8. The Morgan fingerprint density at radius 3 is 2.90 bits per heavy atom. The number of hydrogen-bond donors (Lipinski definition) is 1. The highest BCUT2D eigenvalue weighted by molar-refractivity contribution is 6.05. The summed E-state index contributed by atoms with van der Waals surface area (Å²) >= 11 is 0. The second-order valence-corrected chi connectivity index (χ2v) is 4.97. The standard InChI is InChI=1S/C14H15NO5/c1-7-3-8-4-12(18-2)9(5-11(8)19-7)10-6-13(14(16)17)20-15-10/h4-5,7,13H,3,6H2,1-2H3,(H,16,17). The van der Waals surface area contributed by atoms with Gasteiger partial charge in [-0.15, -0.1) is 0 Å². The molecular formula is C14H15NO5. The SMILES string of the molecule is COc1cc2c(cc1C1=NOC(C(=O)O)C1)OC(C)C2. The first kappa shape index (κ1) is 12.8. The van der Waals surface area contributed by atoms with Gasteiger partial charge in [0, 0.05) is 24.0 Å².